The van der Waals surface area contributed by atoms with Crippen molar-refractivity contribution in [2.24, 2.45) is 7.05 Å². The number of sulfonamides is 1. The third-order valence-corrected chi connectivity index (χ3v) is 7.64. The van der Waals surface area contributed by atoms with Crippen LogP contribution in [-0.4, -0.2) is 37.8 Å². The van der Waals surface area contributed by atoms with Crippen molar-refractivity contribution in [1.82, 2.24) is 9.78 Å². The number of hydrogen-bond acceptors (Lipinski definition) is 4. The van der Waals surface area contributed by atoms with E-state index in [4.69, 9.17) is 0 Å². The molecule has 0 fully saturated rings. The molecule has 6 nitrogen and oxygen atoms in total. The Morgan fingerprint density at radius 3 is 2.48 bits per heavy atom. The van der Waals surface area contributed by atoms with E-state index in [9.17, 15) is 8.42 Å². The first-order chi connectivity index (χ1) is 13.7. The van der Waals surface area contributed by atoms with Crippen molar-refractivity contribution in [3.05, 3.63) is 59.9 Å². The lowest BCUT2D eigenvalue weighted by Crippen LogP contribution is -2.48. The van der Waals surface area contributed by atoms with Gasteiger partial charge in [-0.15, -0.1) is 0 Å². The van der Waals surface area contributed by atoms with Crippen LogP contribution in [-0.2, 0) is 17.1 Å². The summed E-state index contributed by atoms with van der Waals surface area (Å²) in [5.41, 5.74) is 5.12. The number of anilines is 2. The highest BCUT2D eigenvalue weighted by Gasteiger charge is 2.36. The van der Waals surface area contributed by atoms with Crippen LogP contribution in [0.1, 0.15) is 18.1 Å². The van der Waals surface area contributed by atoms with Crippen LogP contribution in [0.5, 0.6) is 0 Å². The summed E-state index contributed by atoms with van der Waals surface area (Å²) in [6.45, 7) is 6.27. The Morgan fingerprint density at radius 2 is 1.79 bits per heavy atom. The fourth-order valence-electron chi connectivity index (χ4n) is 3.91. The molecule has 0 amide bonds. The highest BCUT2D eigenvalue weighted by atomic mass is 32.2. The van der Waals surface area contributed by atoms with Crippen LogP contribution in [0.25, 0.3) is 11.1 Å². The van der Waals surface area contributed by atoms with Crippen molar-refractivity contribution in [1.29, 1.82) is 0 Å². The van der Waals surface area contributed by atoms with Crippen LogP contribution in [0, 0.1) is 13.8 Å². The van der Waals surface area contributed by atoms with Crippen molar-refractivity contribution in [2.45, 2.75) is 31.7 Å². The molecule has 3 aromatic rings. The molecular weight excluding hydrogens is 384 g/mol. The van der Waals surface area contributed by atoms with Gasteiger partial charge in [0.15, 0.2) is 0 Å². The molecule has 0 spiro atoms. The molecule has 1 atom stereocenters. The number of nitrogens with zero attached hydrogens (tertiary/aromatic N) is 4. The van der Waals surface area contributed by atoms with E-state index in [0.29, 0.717) is 11.4 Å². The number of fused-ring (bicyclic) bond motifs is 1. The summed E-state index contributed by atoms with van der Waals surface area (Å²) in [5.74, 6) is 0. The van der Waals surface area contributed by atoms with Crippen LogP contribution in [0.3, 0.4) is 0 Å². The van der Waals surface area contributed by atoms with Gasteiger partial charge in [-0.2, -0.15) is 5.10 Å². The van der Waals surface area contributed by atoms with Gasteiger partial charge in [-0.05, 0) is 49.6 Å². The summed E-state index contributed by atoms with van der Waals surface area (Å²) >= 11 is 0. The molecule has 1 aliphatic rings. The van der Waals surface area contributed by atoms with Gasteiger partial charge >= 0.3 is 0 Å². The maximum absolute atomic E-state index is 13.9. The van der Waals surface area contributed by atoms with Gasteiger partial charge in [0, 0.05) is 31.9 Å². The summed E-state index contributed by atoms with van der Waals surface area (Å²) in [4.78, 5) is 2.48. The molecule has 152 valence electrons. The van der Waals surface area contributed by atoms with E-state index in [-0.39, 0.29) is 6.04 Å². The lowest BCUT2D eigenvalue weighted by molar-refractivity contribution is 0.578. The van der Waals surface area contributed by atoms with Crippen molar-refractivity contribution in [3.8, 4) is 11.1 Å². The highest BCUT2D eigenvalue weighted by Crippen LogP contribution is 2.41. The normalized spacial score (nSPS) is 16.8. The fraction of sp³-hybridized carbons (Fsp3) is 0.318. The van der Waals surface area contributed by atoms with E-state index >= 15 is 0 Å². The average Bonchev–Trinajstić information content (AvgIpc) is 3.11. The second-order valence-corrected chi connectivity index (χ2v) is 9.65. The summed E-state index contributed by atoms with van der Waals surface area (Å²) < 4.78 is 31.0. The number of hydrogen-bond donors (Lipinski definition) is 0. The Labute approximate surface area is 172 Å². The largest absolute Gasteiger partial charge is 0.368 e. The number of aromatic nitrogens is 2. The Hall–Kier alpha value is -2.80. The molecule has 2 aromatic carbocycles. The van der Waals surface area contributed by atoms with Crippen LogP contribution in [0.2, 0.25) is 0 Å². The molecular formula is C22H26N4O2S. The molecule has 0 saturated carbocycles. The van der Waals surface area contributed by atoms with Gasteiger partial charge in [0.05, 0.1) is 29.0 Å². The van der Waals surface area contributed by atoms with Gasteiger partial charge in [0.2, 0.25) is 0 Å². The number of aryl methyl sites for hydroxylation is 3. The lowest BCUT2D eigenvalue weighted by Gasteiger charge is -2.41. The maximum atomic E-state index is 13.9. The lowest BCUT2D eigenvalue weighted by atomic mass is 10.1. The Morgan fingerprint density at radius 1 is 1.03 bits per heavy atom. The monoisotopic (exact) mass is 410 g/mol. The minimum absolute atomic E-state index is 0.0703. The van der Waals surface area contributed by atoms with Crippen molar-refractivity contribution in [3.63, 3.8) is 0 Å². The first-order valence-electron chi connectivity index (χ1n) is 9.65. The molecule has 0 unspecified atom stereocenters. The predicted octanol–water partition coefficient (Wildman–Crippen LogP) is 3.74. The van der Waals surface area contributed by atoms with Crippen LogP contribution in [0.15, 0.2) is 53.7 Å². The van der Waals surface area contributed by atoms with Gasteiger partial charge in [-0.3, -0.25) is 8.99 Å². The molecule has 1 aliphatic heterocycles. The van der Waals surface area contributed by atoms with Crippen LogP contribution < -0.4 is 9.21 Å². The zero-order chi connectivity index (χ0) is 20.9. The quantitative estimate of drug-likeness (QED) is 0.660. The SMILES string of the molecule is Cc1ccc(-c2cnn(C)c2)cc1S(=O)(=O)N1C[C@@H](C)N(C)c2cccc(C)c21. The number of rotatable bonds is 3. The van der Waals surface area contributed by atoms with Crippen molar-refractivity contribution >= 4 is 21.4 Å². The second-order valence-electron chi connectivity index (χ2n) is 7.82. The van der Waals surface area contributed by atoms with E-state index < -0.39 is 10.0 Å². The van der Waals surface area contributed by atoms with Gasteiger partial charge in [0.1, 0.15) is 0 Å². The summed E-state index contributed by atoms with van der Waals surface area (Å²) in [6.07, 6.45) is 3.64. The summed E-state index contributed by atoms with van der Waals surface area (Å²) in [6, 6.07) is 11.6. The molecule has 0 N–H and O–H groups in total. The molecule has 0 bridgehead atoms. The molecule has 7 heteroatoms. The highest BCUT2D eigenvalue weighted by molar-refractivity contribution is 7.93. The second kappa shape index (κ2) is 6.91. The first kappa shape index (κ1) is 19.5. The standard InChI is InChI=1S/C22H26N4O2S/c1-15-9-10-18(19-12-23-24(4)14-19)11-21(15)29(27,28)26-13-17(3)25(5)20-8-6-7-16(2)22(20)26/h6-12,14,17H,13H2,1-5H3/t17-/m1/s1. The zero-order valence-electron chi connectivity index (χ0n) is 17.4. The minimum Gasteiger partial charge on any atom is -0.368 e. The van der Waals surface area contributed by atoms with E-state index in [1.54, 1.807) is 21.3 Å². The van der Waals surface area contributed by atoms with Gasteiger partial charge in [-0.1, -0.05) is 24.3 Å². The Balaban J connectivity index is 1.87. The smallest absolute Gasteiger partial charge is 0.264 e. The Kier molecular flexibility index (Phi) is 4.65. The predicted molar refractivity (Wildman–Crippen MR) is 117 cm³/mol. The molecule has 0 aliphatic carbocycles. The number of benzene rings is 2. The van der Waals surface area contributed by atoms with E-state index in [1.165, 1.54) is 0 Å². The van der Waals surface area contributed by atoms with E-state index in [0.717, 1.165) is 33.6 Å². The topological polar surface area (TPSA) is 58.4 Å². The van der Waals surface area contributed by atoms with Gasteiger partial charge in [-0.25, -0.2) is 8.42 Å². The van der Waals surface area contributed by atoms with E-state index in [2.05, 4.69) is 10.00 Å². The van der Waals surface area contributed by atoms with Gasteiger partial charge in [0.25, 0.3) is 10.0 Å². The Bertz CT molecular complexity index is 1180. The third-order valence-electron chi connectivity index (χ3n) is 5.73. The number of likely N-dealkylation sites (N-methyl/N-ethyl adjacent to an activating group) is 1. The first-order valence-corrected chi connectivity index (χ1v) is 11.1. The van der Waals surface area contributed by atoms with Crippen molar-refractivity contribution in [2.75, 3.05) is 22.8 Å². The number of para-hydroxylation sites is 1. The van der Waals surface area contributed by atoms with E-state index in [1.807, 2.05) is 71.4 Å². The molecule has 4 rings (SSSR count). The fourth-order valence-corrected chi connectivity index (χ4v) is 5.79. The molecule has 0 saturated heterocycles. The summed E-state index contributed by atoms with van der Waals surface area (Å²) in [7, 11) is 0.134. The van der Waals surface area contributed by atoms with Crippen LogP contribution in [0.4, 0.5) is 11.4 Å². The molecule has 2 heterocycles. The minimum atomic E-state index is -3.73. The van der Waals surface area contributed by atoms with Crippen LogP contribution >= 0.6 is 0 Å². The molecule has 29 heavy (non-hydrogen) atoms. The third kappa shape index (κ3) is 3.19. The molecule has 0 radical (unpaired) electrons. The van der Waals surface area contributed by atoms with Crippen molar-refractivity contribution < 1.29 is 8.42 Å². The summed E-state index contributed by atoms with van der Waals surface area (Å²) in [5, 5.41) is 4.21. The van der Waals surface area contributed by atoms with Gasteiger partial charge < -0.3 is 4.90 Å². The zero-order valence-corrected chi connectivity index (χ0v) is 18.2. The average molecular weight is 411 g/mol. The molecule has 1 aromatic heterocycles. The maximum Gasteiger partial charge on any atom is 0.264 e.